The largest absolute Gasteiger partial charge is 0.355 e. The third kappa shape index (κ3) is 3.95. The maximum absolute atomic E-state index is 12.8. The van der Waals surface area contributed by atoms with Gasteiger partial charge in [0.25, 0.3) is 0 Å². The Bertz CT molecular complexity index is 857. The molecule has 0 unspecified atom stereocenters. The number of anilines is 1. The van der Waals surface area contributed by atoms with Crippen LogP contribution in [0.4, 0.5) is 5.82 Å². The molecule has 3 saturated heterocycles. The summed E-state index contributed by atoms with van der Waals surface area (Å²) in [4.78, 5) is 29.3. The van der Waals surface area contributed by atoms with E-state index in [1.165, 1.54) is 12.8 Å². The van der Waals surface area contributed by atoms with Crippen LogP contribution in [0.25, 0.3) is 11.0 Å². The van der Waals surface area contributed by atoms with Gasteiger partial charge in [-0.1, -0.05) is 12.1 Å². The fraction of sp³-hybridized carbons (Fsp3) is 0.609. The van der Waals surface area contributed by atoms with Crippen molar-refractivity contribution >= 4 is 22.8 Å². The summed E-state index contributed by atoms with van der Waals surface area (Å²) in [6.45, 7) is 6.07. The second kappa shape index (κ2) is 8.27. The summed E-state index contributed by atoms with van der Waals surface area (Å²) in [6.07, 6.45) is 8.77. The molecule has 6 heteroatoms. The van der Waals surface area contributed by atoms with E-state index in [0.29, 0.717) is 11.9 Å². The molecule has 0 bridgehead atoms. The van der Waals surface area contributed by atoms with E-state index in [-0.39, 0.29) is 5.92 Å². The number of carbonyl (C=O) groups is 1. The van der Waals surface area contributed by atoms with E-state index in [1.54, 1.807) is 0 Å². The Morgan fingerprint density at radius 3 is 2.45 bits per heavy atom. The molecular formula is C23H31N5O. The molecule has 1 atom stereocenters. The summed E-state index contributed by atoms with van der Waals surface area (Å²) in [5, 5.41) is 0. The standard InChI is InChI=1S/C23H31N5O/c29-23(27-11-3-4-12-27)18-6-5-13-28(17-18)19-9-14-26(15-10-19)22-16-24-20-7-1-2-8-21(20)25-22/h1-2,7-8,16,18-19H,3-6,9-15,17H2/t18-/m1/s1. The number of benzene rings is 1. The Balaban J connectivity index is 1.19. The molecule has 3 aliphatic heterocycles. The molecule has 4 heterocycles. The van der Waals surface area contributed by atoms with Crippen molar-refractivity contribution in [2.24, 2.45) is 5.92 Å². The summed E-state index contributed by atoms with van der Waals surface area (Å²) < 4.78 is 0. The van der Waals surface area contributed by atoms with Crippen molar-refractivity contribution in [3.63, 3.8) is 0 Å². The number of nitrogens with zero attached hydrogens (tertiary/aromatic N) is 5. The first kappa shape index (κ1) is 18.8. The second-order valence-electron chi connectivity index (χ2n) is 8.80. The fourth-order valence-electron chi connectivity index (χ4n) is 5.30. The molecule has 1 amide bonds. The first-order valence-electron chi connectivity index (χ1n) is 11.3. The highest BCUT2D eigenvalue weighted by Gasteiger charge is 2.34. The van der Waals surface area contributed by atoms with Gasteiger partial charge in [-0.2, -0.15) is 0 Å². The molecule has 0 N–H and O–H groups in total. The first-order valence-corrected chi connectivity index (χ1v) is 11.3. The normalized spacial score (nSPS) is 24.3. The van der Waals surface area contributed by atoms with Crippen LogP contribution in [0.3, 0.4) is 0 Å². The van der Waals surface area contributed by atoms with E-state index in [2.05, 4.69) is 19.7 Å². The van der Waals surface area contributed by atoms with Crippen LogP contribution in [0.15, 0.2) is 30.5 Å². The molecule has 1 aromatic heterocycles. The van der Waals surface area contributed by atoms with Crippen molar-refractivity contribution in [2.75, 3.05) is 44.2 Å². The Labute approximate surface area is 172 Å². The third-order valence-corrected chi connectivity index (χ3v) is 6.96. The smallest absolute Gasteiger partial charge is 0.226 e. The average Bonchev–Trinajstić information content (AvgIpc) is 3.33. The van der Waals surface area contributed by atoms with E-state index >= 15 is 0 Å². The van der Waals surface area contributed by atoms with Gasteiger partial charge in [0.1, 0.15) is 5.82 Å². The van der Waals surface area contributed by atoms with E-state index in [1.807, 2.05) is 30.5 Å². The number of piperidine rings is 2. The van der Waals surface area contributed by atoms with Crippen molar-refractivity contribution < 1.29 is 4.79 Å². The van der Waals surface area contributed by atoms with E-state index in [4.69, 9.17) is 4.98 Å². The van der Waals surface area contributed by atoms with Crippen molar-refractivity contribution in [2.45, 2.75) is 44.6 Å². The molecule has 0 aliphatic carbocycles. The van der Waals surface area contributed by atoms with Crippen LogP contribution in [0.1, 0.15) is 38.5 Å². The van der Waals surface area contributed by atoms with Gasteiger partial charge in [0.15, 0.2) is 0 Å². The van der Waals surface area contributed by atoms with Crippen molar-refractivity contribution in [1.82, 2.24) is 19.8 Å². The van der Waals surface area contributed by atoms with Crippen LogP contribution in [-0.2, 0) is 4.79 Å². The lowest BCUT2D eigenvalue weighted by atomic mass is 9.93. The summed E-state index contributed by atoms with van der Waals surface area (Å²) in [5.74, 6) is 1.62. The molecule has 0 saturated carbocycles. The SMILES string of the molecule is O=C([C@@H]1CCCN(C2CCN(c3cnc4ccccc4n3)CC2)C1)N1CCCC1. The highest BCUT2D eigenvalue weighted by atomic mass is 16.2. The van der Waals surface area contributed by atoms with Crippen molar-refractivity contribution in [3.8, 4) is 0 Å². The Kier molecular flexibility index (Phi) is 5.36. The topological polar surface area (TPSA) is 52.6 Å². The minimum atomic E-state index is 0.214. The van der Waals surface area contributed by atoms with Gasteiger partial charge < -0.3 is 9.80 Å². The lowest BCUT2D eigenvalue weighted by Crippen LogP contribution is -2.51. The van der Waals surface area contributed by atoms with Gasteiger partial charge in [-0.3, -0.25) is 14.7 Å². The molecule has 6 nitrogen and oxygen atoms in total. The summed E-state index contributed by atoms with van der Waals surface area (Å²) in [5.41, 5.74) is 1.92. The van der Waals surface area contributed by atoms with Gasteiger partial charge in [0.2, 0.25) is 5.91 Å². The number of aromatic nitrogens is 2. The van der Waals surface area contributed by atoms with Crippen LogP contribution in [0, 0.1) is 5.92 Å². The number of carbonyl (C=O) groups excluding carboxylic acids is 1. The number of likely N-dealkylation sites (tertiary alicyclic amines) is 2. The van der Waals surface area contributed by atoms with Crippen molar-refractivity contribution in [1.29, 1.82) is 0 Å². The third-order valence-electron chi connectivity index (χ3n) is 6.96. The summed E-state index contributed by atoms with van der Waals surface area (Å²) >= 11 is 0. The van der Waals surface area contributed by atoms with Gasteiger partial charge in [0.05, 0.1) is 23.1 Å². The molecule has 0 radical (unpaired) electrons. The van der Waals surface area contributed by atoms with Crippen LogP contribution < -0.4 is 4.90 Å². The zero-order valence-corrected chi connectivity index (χ0v) is 17.2. The molecule has 2 aromatic rings. The highest BCUT2D eigenvalue weighted by molar-refractivity contribution is 5.79. The first-order chi connectivity index (χ1) is 14.3. The van der Waals surface area contributed by atoms with Gasteiger partial charge in [-0.15, -0.1) is 0 Å². The summed E-state index contributed by atoms with van der Waals surface area (Å²) in [6, 6.07) is 8.65. The van der Waals surface area contributed by atoms with E-state index in [0.717, 1.165) is 81.8 Å². The lowest BCUT2D eigenvalue weighted by Gasteiger charge is -2.42. The number of para-hydroxylation sites is 2. The Hall–Kier alpha value is -2.21. The van der Waals surface area contributed by atoms with Crippen LogP contribution in [0.5, 0.6) is 0 Å². The monoisotopic (exact) mass is 393 g/mol. The number of hydrogen-bond acceptors (Lipinski definition) is 5. The maximum Gasteiger partial charge on any atom is 0.226 e. The quantitative estimate of drug-likeness (QED) is 0.803. The zero-order chi connectivity index (χ0) is 19.6. The molecule has 154 valence electrons. The van der Waals surface area contributed by atoms with Gasteiger partial charge in [-0.05, 0) is 57.2 Å². The highest BCUT2D eigenvalue weighted by Crippen LogP contribution is 2.27. The second-order valence-corrected chi connectivity index (χ2v) is 8.80. The number of fused-ring (bicyclic) bond motifs is 1. The minimum absolute atomic E-state index is 0.214. The Morgan fingerprint density at radius 2 is 1.66 bits per heavy atom. The molecule has 5 rings (SSSR count). The predicted octanol–water partition coefficient (Wildman–Crippen LogP) is 2.93. The molecule has 0 spiro atoms. The average molecular weight is 394 g/mol. The van der Waals surface area contributed by atoms with Crippen LogP contribution in [0.2, 0.25) is 0 Å². The predicted molar refractivity (Wildman–Crippen MR) is 115 cm³/mol. The van der Waals surface area contributed by atoms with E-state index in [9.17, 15) is 4.79 Å². The fourth-order valence-corrected chi connectivity index (χ4v) is 5.30. The maximum atomic E-state index is 12.8. The van der Waals surface area contributed by atoms with Gasteiger partial charge >= 0.3 is 0 Å². The lowest BCUT2D eigenvalue weighted by molar-refractivity contribution is -0.136. The minimum Gasteiger partial charge on any atom is -0.355 e. The van der Waals surface area contributed by atoms with Gasteiger partial charge in [0, 0.05) is 38.8 Å². The summed E-state index contributed by atoms with van der Waals surface area (Å²) in [7, 11) is 0. The molecule has 3 aliphatic rings. The van der Waals surface area contributed by atoms with Crippen molar-refractivity contribution in [3.05, 3.63) is 30.5 Å². The zero-order valence-electron chi connectivity index (χ0n) is 17.2. The van der Waals surface area contributed by atoms with E-state index < -0.39 is 0 Å². The molecule has 1 aromatic carbocycles. The molecular weight excluding hydrogens is 362 g/mol. The number of hydrogen-bond donors (Lipinski definition) is 0. The molecule has 3 fully saturated rings. The Morgan fingerprint density at radius 1 is 0.897 bits per heavy atom. The molecule has 29 heavy (non-hydrogen) atoms. The van der Waals surface area contributed by atoms with Crippen LogP contribution >= 0.6 is 0 Å². The number of amides is 1. The van der Waals surface area contributed by atoms with Crippen LogP contribution in [-0.4, -0.2) is 71.0 Å². The van der Waals surface area contributed by atoms with Gasteiger partial charge in [-0.25, -0.2) is 4.98 Å². The number of rotatable bonds is 3.